The molecule has 0 aliphatic heterocycles. The summed E-state index contributed by atoms with van der Waals surface area (Å²) in [5.41, 5.74) is 0. The molecule has 2 atom stereocenters. The van der Waals surface area contributed by atoms with Crippen LogP contribution >= 0.6 is 0 Å². The van der Waals surface area contributed by atoms with E-state index < -0.39 is 12.3 Å². The molecule has 12 heavy (non-hydrogen) atoms. The molecule has 0 heterocycles. The van der Waals surface area contributed by atoms with Gasteiger partial charge in [-0.25, -0.2) is 8.78 Å². The molecule has 0 aromatic rings. The van der Waals surface area contributed by atoms with Gasteiger partial charge in [0.2, 0.25) is 0 Å². The summed E-state index contributed by atoms with van der Waals surface area (Å²) in [4.78, 5) is 0. The summed E-state index contributed by atoms with van der Waals surface area (Å²) in [5.74, 6) is 0. The van der Waals surface area contributed by atoms with Crippen LogP contribution in [0.5, 0.6) is 0 Å². The lowest BCUT2D eigenvalue weighted by molar-refractivity contribution is 0.263. The van der Waals surface area contributed by atoms with Crippen LogP contribution in [0.15, 0.2) is 0 Å². The average Bonchev–Trinajstić information content (AvgIpc) is 2.00. The Labute approximate surface area is 74.4 Å². The van der Waals surface area contributed by atoms with E-state index in [4.69, 9.17) is 0 Å². The summed E-state index contributed by atoms with van der Waals surface area (Å²) in [6, 6.07) is 0. The second kappa shape index (κ2) is 7.51. The molecule has 2 unspecified atom stereocenters. The number of hydrogen-bond donors (Lipinski definition) is 0. The fourth-order valence-electron chi connectivity index (χ4n) is 1.19. The van der Waals surface area contributed by atoms with E-state index >= 15 is 0 Å². The second-order valence-electron chi connectivity index (χ2n) is 3.45. The lowest BCUT2D eigenvalue weighted by Gasteiger charge is -2.07. The predicted octanol–water partition coefficient (Wildman–Crippen LogP) is 4.04. The zero-order valence-corrected chi connectivity index (χ0v) is 8.15. The van der Waals surface area contributed by atoms with Gasteiger partial charge in [-0.2, -0.15) is 0 Å². The lowest BCUT2D eigenvalue weighted by Crippen LogP contribution is -2.01. The Balaban J connectivity index is 3.13. The maximum Gasteiger partial charge on any atom is 0.100 e. The van der Waals surface area contributed by atoms with E-state index in [9.17, 15) is 8.78 Å². The first-order chi connectivity index (χ1) is 5.66. The highest BCUT2D eigenvalue weighted by atomic mass is 19.1. The van der Waals surface area contributed by atoms with Crippen molar-refractivity contribution in [1.29, 1.82) is 0 Å². The Morgan fingerprint density at radius 2 is 1.58 bits per heavy atom. The molecule has 0 aromatic carbocycles. The number of alkyl halides is 2. The Kier molecular flexibility index (Phi) is 7.42. The minimum Gasteiger partial charge on any atom is -0.248 e. The zero-order valence-electron chi connectivity index (χ0n) is 8.15. The molecule has 0 saturated heterocycles. The van der Waals surface area contributed by atoms with Crippen LogP contribution < -0.4 is 0 Å². The molecule has 0 spiro atoms. The number of hydrogen-bond acceptors (Lipinski definition) is 0. The third-order valence-electron chi connectivity index (χ3n) is 1.99. The minimum atomic E-state index is -0.775. The van der Waals surface area contributed by atoms with Crippen molar-refractivity contribution in [2.75, 3.05) is 0 Å². The second-order valence-corrected chi connectivity index (χ2v) is 3.45. The van der Waals surface area contributed by atoms with Gasteiger partial charge in [-0.15, -0.1) is 0 Å². The van der Waals surface area contributed by atoms with E-state index in [1.807, 2.05) is 0 Å². The van der Waals surface area contributed by atoms with E-state index in [-0.39, 0.29) is 0 Å². The summed E-state index contributed by atoms with van der Waals surface area (Å²) >= 11 is 0. The molecule has 0 aliphatic rings. The molecule has 2 heteroatoms. The molecule has 0 amide bonds. The third kappa shape index (κ3) is 7.96. The van der Waals surface area contributed by atoms with Crippen LogP contribution in [0.25, 0.3) is 0 Å². The molecule has 0 N–H and O–H groups in total. The Morgan fingerprint density at radius 1 is 1.00 bits per heavy atom. The highest BCUT2D eigenvalue weighted by Gasteiger charge is 2.06. The molecule has 74 valence electrons. The van der Waals surface area contributed by atoms with Crippen LogP contribution in [0.4, 0.5) is 8.78 Å². The largest absolute Gasteiger partial charge is 0.248 e. The first kappa shape index (κ1) is 11.9. The van der Waals surface area contributed by atoms with Crippen LogP contribution in [0.2, 0.25) is 0 Å². The van der Waals surface area contributed by atoms with E-state index in [1.54, 1.807) is 0 Å². The standard InChI is InChI=1S/C10H20F2/c1-3-4-7-10(12)8-5-6-9(2)11/h9-10H,3-8H2,1-2H3. The Bertz CT molecular complexity index is 91.8. The third-order valence-corrected chi connectivity index (χ3v) is 1.99. The molecule has 0 saturated carbocycles. The summed E-state index contributed by atoms with van der Waals surface area (Å²) in [6.07, 6.45) is 2.89. The van der Waals surface area contributed by atoms with Gasteiger partial charge < -0.3 is 0 Å². The van der Waals surface area contributed by atoms with Crippen molar-refractivity contribution in [3.8, 4) is 0 Å². The SMILES string of the molecule is CCCCC(F)CCCC(C)F. The highest BCUT2D eigenvalue weighted by Crippen LogP contribution is 2.13. The zero-order chi connectivity index (χ0) is 9.40. The van der Waals surface area contributed by atoms with Gasteiger partial charge in [-0.1, -0.05) is 19.8 Å². The van der Waals surface area contributed by atoms with Crippen molar-refractivity contribution in [3.63, 3.8) is 0 Å². The van der Waals surface area contributed by atoms with Crippen molar-refractivity contribution < 1.29 is 8.78 Å². The van der Waals surface area contributed by atoms with Gasteiger partial charge >= 0.3 is 0 Å². The van der Waals surface area contributed by atoms with Gasteiger partial charge in [0.25, 0.3) is 0 Å². The van der Waals surface area contributed by atoms with Crippen LogP contribution in [0.3, 0.4) is 0 Å². The summed E-state index contributed by atoms with van der Waals surface area (Å²) in [6.45, 7) is 3.58. The molecule has 0 radical (unpaired) electrons. The van der Waals surface area contributed by atoms with Crippen molar-refractivity contribution in [2.24, 2.45) is 0 Å². The van der Waals surface area contributed by atoms with Gasteiger partial charge in [0.05, 0.1) is 6.17 Å². The number of halogens is 2. The summed E-state index contributed by atoms with van der Waals surface area (Å²) in [7, 11) is 0. The van der Waals surface area contributed by atoms with Crippen molar-refractivity contribution in [1.82, 2.24) is 0 Å². The van der Waals surface area contributed by atoms with E-state index in [0.717, 1.165) is 12.8 Å². The molecular formula is C10H20F2. The maximum atomic E-state index is 12.9. The number of unbranched alkanes of at least 4 members (excludes halogenated alkanes) is 1. The maximum absolute atomic E-state index is 12.9. The monoisotopic (exact) mass is 178 g/mol. The van der Waals surface area contributed by atoms with Crippen LogP contribution in [0, 0.1) is 0 Å². The van der Waals surface area contributed by atoms with Gasteiger partial charge in [0.15, 0.2) is 0 Å². The molecule has 0 aliphatic carbocycles. The normalized spacial score (nSPS) is 16.0. The Hall–Kier alpha value is -0.140. The fraction of sp³-hybridized carbons (Fsp3) is 1.00. The van der Waals surface area contributed by atoms with E-state index in [2.05, 4.69) is 6.92 Å². The van der Waals surface area contributed by atoms with Crippen molar-refractivity contribution in [2.45, 2.75) is 64.7 Å². The van der Waals surface area contributed by atoms with Gasteiger partial charge in [-0.05, 0) is 32.6 Å². The summed E-state index contributed by atoms with van der Waals surface area (Å²) < 4.78 is 25.2. The van der Waals surface area contributed by atoms with Gasteiger partial charge in [0, 0.05) is 0 Å². The van der Waals surface area contributed by atoms with Crippen LogP contribution in [-0.4, -0.2) is 12.3 Å². The van der Waals surface area contributed by atoms with Crippen LogP contribution in [-0.2, 0) is 0 Å². The topological polar surface area (TPSA) is 0 Å². The molecule has 0 fully saturated rings. The van der Waals surface area contributed by atoms with E-state index in [0.29, 0.717) is 25.7 Å². The highest BCUT2D eigenvalue weighted by molar-refractivity contribution is 4.58. The first-order valence-electron chi connectivity index (χ1n) is 4.95. The molecule has 0 aromatic heterocycles. The Morgan fingerprint density at radius 3 is 2.08 bits per heavy atom. The predicted molar refractivity (Wildman–Crippen MR) is 48.8 cm³/mol. The van der Waals surface area contributed by atoms with Crippen molar-refractivity contribution >= 4 is 0 Å². The fourth-order valence-corrected chi connectivity index (χ4v) is 1.19. The molecule has 0 rings (SSSR count). The quantitative estimate of drug-likeness (QED) is 0.552. The van der Waals surface area contributed by atoms with Gasteiger partial charge in [-0.3, -0.25) is 0 Å². The molecular weight excluding hydrogens is 158 g/mol. The molecule has 0 bridgehead atoms. The minimum absolute atomic E-state index is 0.506. The lowest BCUT2D eigenvalue weighted by atomic mass is 10.1. The first-order valence-corrected chi connectivity index (χ1v) is 4.95. The smallest absolute Gasteiger partial charge is 0.100 e. The summed E-state index contributed by atoms with van der Waals surface area (Å²) in [5, 5.41) is 0. The number of rotatable bonds is 7. The average molecular weight is 178 g/mol. The van der Waals surface area contributed by atoms with Crippen molar-refractivity contribution in [3.05, 3.63) is 0 Å². The van der Waals surface area contributed by atoms with Gasteiger partial charge in [0.1, 0.15) is 6.17 Å². The van der Waals surface area contributed by atoms with Crippen LogP contribution in [0.1, 0.15) is 52.4 Å². The molecule has 0 nitrogen and oxygen atoms in total. The van der Waals surface area contributed by atoms with E-state index in [1.165, 1.54) is 6.92 Å².